The molecule has 188 valence electrons. The number of hydrogen-bond donors (Lipinski definition) is 2. The van der Waals surface area contributed by atoms with Crippen molar-refractivity contribution in [3.63, 3.8) is 0 Å². The van der Waals surface area contributed by atoms with E-state index in [-0.39, 0.29) is 41.9 Å². The largest absolute Gasteiger partial charge is 0.417 e. The van der Waals surface area contributed by atoms with Crippen molar-refractivity contribution >= 4 is 11.8 Å². The van der Waals surface area contributed by atoms with E-state index in [0.29, 0.717) is 31.8 Å². The Bertz CT molecular complexity index is 1250. The van der Waals surface area contributed by atoms with Crippen molar-refractivity contribution in [2.24, 2.45) is 16.1 Å². The van der Waals surface area contributed by atoms with Crippen LogP contribution < -0.4 is 10.6 Å². The number of fused-ring (bicyclic) bond motifs is 1. The minimum absolute atomic E-state index is 0.138. The van der Waals surface area contributed by atoms with Crippen molar-refractivity contribution in [2.45, 2.75) is 31.9 Å². The fraction of sp³-hybridized carbons (Fsp3) is 0.348. The lowest BCUT2D eigenvalue weighted by Crippen LogP contribution is -2.28. The van der Waals surface area contributed by atoms with Gasteiger partial charge >= 0.3 is 6.18 Å². The summed E-state index contributed by atoms with van der Waals surface area (Å²) < 4.78 is 44.5. The Balaban J connectivity index is 1.16. The van der Waals surface area contributed by atoms with Gasteiger partial charge in [-0.1, -0.05) is 29.5 Å². The third-order valence-corrected chi connectivity index (χ3v) is 5.41. The van der Waals surface area contributed by atoms with Crippen molar-refractivity contribution in [1.82, 2.24) is 25.8 Å². The Labute approximate surface area is 203 Å². The molecule has 1 unspecified atom stereocenters. The van der Waals surface area contributed by atoms with Gasteiger partial charge in [-0.15, -0.1) is 10.2 Å². The lowest BCUT2D eigenvalue weighted by atomic mass is 9.93. The van der Waals surface area contributed by atoms with E-state index in [4.69, 9.17) is 4.52 Å². The van der Waals surface area contributed by atoms with E-state index in [1.54, 1.807) is 12.2 Å². The number of azo groups is 1. The van der Waals surface area contributed by atoms with E-state index >= 15 is 0 Å². The molecule has 1 aliphatic heterocycles. The number of alkyl halides is 3. The molecule has 10 nitrogen and oxygen atoms in total. The van der Waals surface area contributed by atoms with Crippen LogP contribution in [0, 0.1) is 5.92 Å². The number of aromatic nitrogens is 3. The minimum Gasteiger partial charge on any atom is -0.368 e. The summed E-state index contributed by atoms with van der Waals surface area (Å²) in [7, 11) is 0. The molecule has 36 heavy (non-hydrogen) atoms. The average molecular weight is 501 g/mol. The van der Waals surface area contributed by atoms with Crippen LogP contribution in [0.3, 0.4) is 0 Å². The number of hydrogen-bond acceptors (Lipinski definition) is 8. The maximum Gasteiger partial charge on any atom is 0.417 e. The van der Waals surface area contributed by atoms with E-state index in [1.165, 1.54) is 0 Å². The molecule has 4 rings (SSSR count). The Kier molecular flexibility index (Phi) is 7.66. The van der Waals surface area contributed by atoms with Crippen LogP contribution in [0.2, 0.25) is 0 Å². The first-order valence-corrected chi connectivity index (χ1v) is 11.2. The number of aryl methyl sites for hydroxylation is 1. The number of carbonyl (C=O) groups is 2. The summed E-state index contributed by atoms with van der Waals surface area (Å²) >= 11 is 0. The number of allylic oxidation sites excluding steroid dienone is 3. The summed E-state index contributed by atoms with van der Waals surface area (Å²) in [4.78, 5) is 31.6. The zero-order chi connectivity index (χ0) is 25.5. The Morgan fingerprint density at radius 1 is 1.14 bits per heavy atom. The van der Waals surface area contributed by atoms with Gasteiger partial charge in [0.1, 0.15) is 0 Å². The molecule has 2 aromatic rings. The van der Waals surface area contributed by atoms with Crippen molar-refractivity contribution < 1.29 is 27.3 Å². The van der Waals surface area contributed by atoms with Crippen LogP contribution in [0.4, 0.5) is 13.2 Å². The summed E-state index contributed by atoms with van der Waals surface area (Å²) in [5, 5.41) is 17.1. The highest BCUT2D eigenvalue weighted by Crippen LogP contribution is 2.35. The number of rotatable bonds is 10. The predicted octanol–water partition coefficient (Wildman–Crippen LogP) is 3.52. The van der Waals surface area contributed by atoms with Gasteiger partial charge in [0, 0.05) is 43.9 Å². The van der Waals surface area contributed by atoms with E-state index in [0.717, 1.165) is 24.0 Å². The number of nitrogens with one attached hydrogen (secondary N) is 2. The summed E-state index contributed by atoms with van der Waals surface area (Å²) in [6, 6.07) is 0.851. The van der Waals surface area contributed by atoms with Gasteiger partial charge in [-0.2, -0.15) is 18.2 Å². The summed E-state index contributed by atoms with van der Waals surface area (Å²) in [5.74, 6) is -0.417. The molecule has 0 fully saturated rings. The summed E-state index contributed by atoms with van der Waals surface area (Å²) in [6.45, 7) is 0.950. The zero-order valence-corrected chi connectivity index (χ0v) is 19.0. The Morgan fingerprint density at radius 2 is 2.00 bits per heavy atom. The molecule has 0 aromatic carbocycles. The Morgan fingerprint density at radius 3 is 2.83 bits per heavy atom. The lowest BCUT2D eigenvalue weighted by molar-refractivity contribution is -0.137. The van der Waals surface area contributed by atoms with Gasteiger partial charge < -0.3 is 15.2 Å². The molecule has 0 saturated carbocycles. The highest BCUT2D eigenvalue weighted by molar-refractivity contribution is 5.86. The second kappa shape index (κ2) is 11.1. The molecule has 0 radical (unpaired) electrons. The monoisotopic (exact) mass is 501 g/mol. The SMILES string of the molecule is O=C(CCCc1nc(-c2cnccc2C(F)(F)F)no1)NCCCNC1=C2C=CC=CC2C(=O)N=N1. The molecule has 2 amide bonds. The fourth-order valence-corrected chi connectivity index (χ4v) is 3.64. The van der Waals surface area contributed by atoms with Crippen LogP contribution in [-0.2, 0) is 22.2 Å². The summed E-state index contributed by atoms with van der Waals surface area (Å²) in [6.07, 6.45) is 6.16. The molecular formula is C23H22F3N7O3. The normalized spacial score (nSPS) is 16.9. The predicted molar refractivity (Wildman–Crippen MR) is 120 cm³/mol. The molecule has 2 aromatic heterocycles. The number of halogens is 3. The van der Waals surface area contributed by atoms with Gasteiger partial charge in [-0.25, -0.2) is 0 Å². The molecule has 13 heteroatoms. The van der Waals surface area contributed by atoms with Gasteiger partial charge in [0.05, 0.1) is 17.0 Å². The van der Waals surface area contributed by atoms with Crippen LogP contribution in [0.25, 0.3) is 11.4 Å². The standard InChI is InChI=1S/C23H22F3N7O3/c24-23(25,26)17-9-12-27-13-16(17)21-30-19(36-33-21)8-3-7-18(34)28-10-4-11-29-20-14-5-1-2-6-15(14)22(35)32-31-20/h1-2,5-6,9,12-13,15,29H,3-4,7-8,10-11H2,(H,28,34). The van der Waals surface area contributed by atoms with Crippen LogP contribution >= 0.6 is 0 Å². The van der Waals surface area contributed by atoms with E-state index in [1.807, 2.05) is 12.2 Å². The molecule has 0 saturated heterocycles. The molecule has 1 aliphatic carbocycles. The fourth-order valence-electron chi connectivity index (χ4n) is 3.64. The van der Waals surface area contributed by atoms with E-state index < -0.39 is 17.7 Å². The highest BCUT2D eigenvalue weighted by atomic mass is 19.4. The lowest BCUT2D eigenvalue weighted by Gasteiger charge is -2.20. The molecule has 0 bridgehead atoms. The van der Waals surface area contributed by atoms with Gasteiger partial charge in [-0.05, 0) is 18.9 Å². The first-order chi connectivity index (χ1) is 17.3. The third-order valence-electron chi connectivity index (χ3n) is 5.41. The maximum absolute atomic E-state index is 13.2. The number of carbonyl (C=O) groups excluding carboxylic acids is 2. The van der Waals surface area contributed by atoms with Gasteiger partial charge in [0.15, 0.2) is 5.82 Å². The maximum atomic E-state index is 13.2. The number of amides is 2. The topological polar surface area (TPSA) is 135 Å². The first kappa shape index (κ1) is 24.9. The van der Waals surface area contributed by atoms with E-state index in [2.05, 4.69) is 36.0 Å². The van der Waals surface area contributed by atoms with Crippen LogP contribution in [0.1, 0.15) is 30.7 Å². The van der Waals surface area contributed by atoms with Crippen molar-refractivity contribution in [3.05, 3.63) is 65.6 Å². The van der Waals surface area contributed by atoms with Crippen molar-refractivity contribution in [3.8, 4) is 11.4 Å². The third kappa shape index (κ3) is 6.09. The molecule has 0 spiro atoms. The Hall–Kier alpha value is -4.16. The smallest absolute Gasteiger partial charge is 0.368 e. The van der Waals surface area contributed by atoms with Gasteiger partial charge in [0.2, 0.25) is 17.6 Å². The van der Waals surface area contributed by atoms with Crippen LogP contribution in [0.5, 0.6) is 0 Å². The summed E-state index contributed by atoms with van der Waals surface area (Å²) in [5.41, 5.74) is -0.401. The van der Waals surface area contributed by atoms with Gasteiger partial charge in [0.25, 0.3) is 5.91 Å². The molecular weight excluding hydrogens is 479 g/mol. The zero-order valence-electron chi connectivity index (χ0n) is 19.0. The quantitative estimate of drug-likeness (QED) is 0.476. The van der Waals surface area contributed by atoms with Gasteiger partial charge in [-0.3, -0.25) is 14.6 Å². The number of pyridine rings is 1. The van der Waals surface area contributed by atoms with Crippen molar-refractivity contribution in [2.75, 3.05) is 13.1 Å². The van der Waals surface area contributed by atoms with E-state index in [9.17, 15) is 22.8 Å². The molecule has 2 N–H and O–H groups in total. The first-order valence-electron chi connectivity index (χ1n) is 11.2. The van der Waals surface area contributed by atoms with Crippen LogP contribution in [-0.4, -0.2) is 40.0 Å². The van der Waals surface area contributed by atoms with Crippen molar-refractivity contribution in [1.29, 1.82) is 0 Å². The highest BCUT2D eigenvalue weighted by Gasteiger charge is 2.35. The molecule has 3 heterocycles. The minimum atomic E-state index is -4.57. The second-order valence-corrected chi connectivity index (χ2v) is 7.98. The van der Waals surface area contributed by atoms with Crippen LogP contribution in [0.15, 0.2) is 68.9 Å². The average Bonchev–Trinajstić information content (AvgIpc) is 3.33. The molecule has 1 atom stereocenters. The second-order valence-electron chi connectivity index (χ2n) is 7.98. The molecule has 2 aliphatic rings. The number of nitrogens with zero attached hydrogens (tertiary/aromatic N) is 5.